The molecule has 0 fully saturated rings. The van der Waals surface area contributed by atoms with Gasteiger partial charge in [0.2, 0.25) is 0 Å². The molecule has 180 valence electrons. The number of rotatable bonds is 12. The van der Waals surface area contributed by atoms with Gasteiger partial charge in [-0.3, -0.25) is 9.59 Å². The van der Waals surface area contributed by atoms with Crippen molar-refractivity contribution in [2.45, 2.75) is 45.1 Å². The van der Waals surface area contributed by atoms with Crippen molar-refractivity contribution in [3.63, 3.8) is 0 Å². The Morgan fingerprint density at radius 1 is 0.970 bits per heavy atom. The van der Waals surface area contributed by atoms with Gasteiger partial charge in [-0.1, -0.05) is 36.4 Å². The first-order valence-corrected chi connectivity index (χ1v) is 14.2. The van der Waals surface area contributed by atoms with Crippen LogP contribution in [-0.2, 0) is 36.5 Å². The number of carbonyl (C=O) groups excluding carboxylic acids is 2. The van der Waals surface area contributed by atoms with Crippen LogP contribution in [0.2, 0.25) is 19.6 Å². The predicted octanol–water partition coefficient (Wildman–Crippen LogP) is 3.98. The standard InChI is InChI=1S/C24H31F2NO5Si/c1-33(2,3)32-12-11-30-24(29)22(27)14-19(13-18-9-10-20(25)15-21(18)26)23(28)31-16-17-7-5-4-6-8-17/h4-10,15,19,22H,11-14,16,27H2,1-3H3/t19-,22-/m0/s1. The fraction of sp³-hybridized carbons (Fsp3) is 0.417. The summed E-state index contributed by atoms with van der Waals surface area (Å²) in [5.41, 5.74) is 6.89. The summed E-state index contributed by atoms with van der Waals surface area (Å²) in [5.74, 6) is -3.74. The van der Waals surface area contributed by atoms with Crippen LogP contribution >= 0.6 is 0 Å². The number of carbonyl (C=O) groups is 2. The molecule has 0 spiro atoms. The SMILES string of the molecule is C[Si](C)(C)OCCOC(=O)[C@@H](N)C[C@H](Cc1ccc(F)cc1F)C(=O)OCc1ccccc1. The van der Waals surface area contributed by atoms with Crippen molar-refractivity contribution in [2.24, 2.45) is 11.7 Å². The van der Waals surface area contributed by atoms with Crippen LogP contribution in [0.3, 0.4) is 0 Å². The van der Waals surface area contributed by atoms with Crippen molar-refractivity contribution in [3.8, 4) is 0 Å². The maximum absolute atomic E-state index is 14.2. The molecular weight excluding hydrogens is 448 g/mol. The molecule has 0 saturated heterocycles. The summed E-state index contributed by atoms with van der Waals surface area (Å²) in [5, 5.41) is 0. The van der Waals surface area contributed by atoms with Crippen LogP contribution in [-0.4, -0.2) is 39.5 Å². The lowest BCUT2D eigenvalue weighted by atomic mass is 9.92. The van der Waals surface area contributed by atoms with Crippen LogP contribution in [0.25, 0.3) is 0 Å². The van der Waals surface area contributed by atoms with Crippen LogP contribution in [0, 0.1) is 17.6 Å². The monoisotopic (exact) mass is 479 g/mol. The number of halogens is 2. The van der Waals surface area contributed by atoms with Gasteiger partial charge in [0, 0.05) is 6.07 Å². The molecule has 9 heteroatoms. The molecule has 0 amide bonds. The van der Waals surface area contributed by atoms with E-state index < -0.39 is 43.9 Å². The van der Waals surface area contributed by atoms with Gasteiger partial charge < -0.3 is 19.6 Å². The molecule has 0 aliphatic carbocycles. The van der Waals surface area contributed by atoms with Crippen LogP contribution in [0.15, 0.2) is 48.5 Å². The van der Waals surface area contributed by atoms with Crippen LogP contribution in [0.1, 0.15) is 17.5 Å². The van der Waals surface area contributed by atoms with E-state index in [9.17, 15) is 18.4 Å². The molecule has 0 radical (unpaired) electrons. The summed E-state index contributed by atoms with van der Waals surface area (Å²) in [4.78, 5) is 25.1. The molecule has 2 aromatic rings. The molecule has 0 aromatic heterocycles. The van der Waals surface area contributed by atoms with E-state index in [2.05, 4.69) is 0 Å². The highest BCUT2D eigenvalue weighted by molar-refractivity contribution is 6.69. The zero-order chi connectivity index (χ0) is 24.4. The van der Waals surface area contributed by atoms with Gasteiger partial charge in [0.25, 0.3) is 0 Å². The van der Waals surface area contributed by atoms with Gasteiger partial charge >= 0.3 is 11.9 Å². The molecule has 2 aromatic carbocycles. The molecule has 6 nitrogen and oxygen atoms in total. The smallest absolute Gasteiger partial charge is 0.323 e. The summed E-state index contributed by atoms with van der Waals surface area (Å²) in [7, 11) is -1.73. The Hall–Kier alpha value is -2.62. The van der Waals surface area contributed by atoms with E-state index >= 15 is 0 Å². The second-order valence-electron chi connectivity index (χ2n) is 8.70. The van der Waals surface area contributed by atoms with Gasteiger partial charge in [0.05, 0.1) is 12.5 Å². The summed E-state index contributed by atoms with van der Waals surface area (Å²) in [6.07, 6.45) is -0.211. The van der Waals surface area contributed by atoms with Crippen molar-refractivity contribution >= 4 is 20.3 Å². The van der Waals surface area contributed by atoms with Gasteiger partial charge in [0.1, 0.15) is 30.9 Å². The van der Waals surface area contributed by atoms with E-state index in [4.69, 9.17) is 19.6 Å². The molecule has 0 saturated carbocycles. The fourth-order valence-electron chi connectivity index (χ4n) is 3.06. The van der Waals surface area contributed by atoms with E-state index in [0.717, 1.165) is 17.7 Å². The third kappa shape index (κ3) is 9.81. The molecule has 0 aliphatic heterocycles. The fourth-order valence-corrected chi connectivity index (χ4v) is 3.76. The number of hydrogen-bond acceptors (Lipinski definition) is 6. The zero-order valence-corrected chi connectivity index (χ0v) is 20.2. The second kappa shape index (κ2) is 12.6. The van der Waals surface area contributed by atoms with Gasteiger partial charge in [-0.05, 0) is 49.7 Å². The lowest BCUT2D eigenvalue weighted by Crippen LogP contribution is -2.38. The summed E-state index contributed by atoms with van der Waals surface area (Å²) in [6.45, 7) is 6.38. The first kappa shape index (κ1) is 26.6. The van der Waals surface area contributed by atoms with Crippen LogP contribution in [0.5, 0.6) is 0 Å². The molecule has 2 rings (SSSR count). The Morgan fingerprint density at radius 2 is 1.67 bits per heavy atom. The number of hydrogen-bond donors (Lipinski definition) is 1. The molecule has 33 heavy (non-hydrogen) atoms. The van der Waals surface area contributed by atoms with E-state index in [-0.39, 0.29) is 38.2 Å². The highest BCUT2D eigenvalue weighted by Crippen LogP contribution is 2.20. The first-order chi connectivity index (χ1) is 15.5. The molecule has 0 unspecified atom stereocenters. The highest BCUT2D eigenvalue weighted by Gasteiger charge is 2.28. The lowest BCUT2D eigenvalue weighted by molar-refractivity contribution is -0.152. The normalized spacial score (nSPS) is 13.3. The zero-order valence-electron chi connectivity index (χ0n) is 19.2. The molecule has 0 heterocycles. The van der Waals surface area contributed by atoms with Crippen molar-refractivity contribution in [3.05, 3.63) is 71.3 Å². The topological polar surface area (TPSA) is 87.9 Å². The quantitative estimate of drug-likeness (QED) is 0.282. The van der Waals surface area contributed by atoms with Crippen LogP contribution in [0.4, 0.5) is 8.78 Å². The van der Waals surface area contributed by atoms with Gasteiger partial charge in [-0.15, -0.1) is 0 Å². The Kier molecular flexibility index (Phi) is 10.1. The van der Waals surface area contributed by atoms with Crippen molar-refractivity contribution in [2.75, 3.05) is 13.2 Å². The molecule has 2 N–H and O–H groups in total. The number of esters is 2. The molecule has 0 bridgehead atoms. The molecular formula is C24H31F2NO5Si. The highest BCUT2D eigenvalue weighted by atomic mass is 28.4. The minimum Gasteiger partial charge on any atom is -0.462 e. The van der Waals surface area contributed by atoms with E-state index in [1.807, 2.05) is 37.8 Å². The maximum atomic E-state index is 14.2. The summed E-state index contributed by atoms with van der Waals surface area (Å²) >= 11 is 0. The minimum absolute atomic E-state index is 0.0236. The Labute approximate surface area is 194 Å². The number of benzene rings is 2. The summed E-state index contributed by atoms with van der Waals surface area (Å²) < 4.78 is 43.6. The maximum Gasteiger partial charge on any atom is 0.323 e. The Morgan fingerprint density at radius 3 is 2.30 bits per heavy atom. The number of ether oxygens (including phenoxy) is 2. The van der Waals surface area contributed by atoms with Gasteiger partial charge in [0.15, 0.2) is 8.32 Å². The lowest BCUT2D eigenvalue weighted by Gasteiger charge is -2.20. The summed E-state index contributed by atoms with van der Waals surface area (Å²) in [6, 6.07) is 11.1. The average Bonchev–Trinajstić information content (AvgIpc) is 2.76. The van der Waals surface area contributed by atoms with Crippen molar-refractivity contribution < 1.29 is 32.3 Å². The molecule has 0 aliphatic rings. The van der Waals surface area contributed by atoms with Gasteiger partial charge in [-0.25, -0.2) is 8.78 Å². The van der Waals surface area contributed by atoms with E-state index in [0.29, 0.717) is 0 Å². The Balaban J connectivity index is 2.02. The second-order valence-corrected chi connectivity index (χ2v) is 13.2. The van der Waals surface area contributed by atoms with Crippen LogP contribution < -0.4 is 5.73 Å². The van der Waals surface area contributed by atoms with Crippen molar-refractivity contribution in [1.82, 2.24) is 0 Å². The third-order valence-electron chi connectivity index (χ3n) is 4.74. The Bertz CT molecular complexity index is 921. The largest absolute Gasteiger partial charge is 0.462 e. The average molecular weight is 480 g/mol. The molecule has 2 atom stereocenters. The predicted molar refractivity (Wildman–Crippen MR) is 123 cm³/mol. The van der Waals surface area contributed by atoms with Crippen molar-refractivity contribution in [1.29, 1.82) is 0 Å². The van der Waals surface area contributed by atoms with E-state index in [1.54, 1.807) is 12.1 Å². The first-order valence-electron chi connectivity index (χ1n) is 10.8. The third-order valence-corrected chi connectivity index (χ3v) is 5.81. The minimum atomic E-state index is -1.73. The van der Waals surface area contributed by atoms with Gasteiger partial charge in [-0.2, -0.15) is 0 Å². The number of nitrogens with two attached hydrogens (primary N) is 1. The van der Waals surface area contributed by atoms with E-state index in [1.165, 1.54) is 6.07 Å².